The van der Waals surface area contributed by atoms with E-state index < -0.39 is 58.8 Å². The molecule has 3 rings (SSSR count). The number of nitrogen functional groups attached to an aromatic ring is 1. The molecule has 1 aromatic heterocycles. The largest absolute Gasteiger partial charge is 0.504 e. The number of rotatable bonds is 10. The maximum absolute atomic E-state index is 12.2. The number of aliphatic hydroxyl groups is 4. The van der Waals surface area contributed by atoms with Gasteiger partial charge in [-0.1, -0.05) is 23.5 Å². The molecule has 1 amide bonds. The Morgan fingerprint density at radius 3 is 2.15 bits per heavy atom. The first kappa shape index (κ1) is 29.7. The maximum atomic E-state index is 12.2. The van der Waals surface area contributed by atoms with Crippen LogP contribution in [0.3, 0.4) is 0 Å². The molecule has 3 aromatic rings. The molecule has 1 atom stereocenters. The van der Waals surface area contributed by atoms with Crippen LogP contribution >= 0.6 is 11.3 Å². The number of aromatic nitrogens is 1. The molecule has 212 valence electrons. The summed E-state index contributed by atoms with van der Waals surface area (Å²) in [5, 5.41) is 96.0. The number of thiazole rings is 1. The quantitative estimate of drug-likeness (QED) is 0.0835. The van der Waals surface area contributed by atoms with Crippen LogP contribution in [0.4, 0.5) is 10.8 Å². The van der Waals surface area contributed by atoms with Gasteiger partial charge in [-0.2, -0.15) is 0 Å². The normalized spacial score (nSPS) is 12.9. The molecule has 0 aliphatic carbocycles. The monoisotopic (exact) mass is 568 g/mol. The summed E-state index contributed by atoms with van der Waals surface area (Å²) in [7, 11) is 1.16. The fourth-order valence-electron chi connectivity index (χ4n) is 3.71. The molecular formula is C23H28N4O11S. The lowest BCUT2D eigenvalue weighted by atomic mass is 9.98. The maximum Gasteiger partial charge on any atom is 0.284 e. The van der Waals surface area contributed by atoms with Crippen LogP contribution in [-0.2, 0) is 21.7 Å². The van der Waals surface area contributed by atoms with Gasteiger partial charge in [-0.3, -0.25) is 10.1 Å². The number of carbonyl (C=O) groups is 1. The number of phenolic OH excluding ortho intramolecular Hbond substituents is 4. The molecule has 0 radical (unpaired) electrons. The van der Waals surface area contributed by atoms with Crippen LogP contribution in [-0.4, -0.2) is 76.4 Å². The van der Waals surface area contributed by atoms with Crippen molar-refractivity contribution in [3.05, 3.63) is 46.6 Å². The lowest BCUT2D eigenvalue weighted by Gasteiger charge is -2.36. The van der Waals surface area contributed by atoms with Gasteiger partial charge >= 0.3 is 0 Å². The van der Waals surface area contributed by atoms with Gasteiger partial charge in [0.2, 0.25) is 17.4 Å². The van der Waals surface area contributed by atoms with Gasteiger partial charge in [0.25, 0.3) is 11.7 Å². The summed E-state index contributed by atoms with van der Waals surface area (Å²) in [4.78, 5) is 16.1. The number of anilines is 2. The Morgan fingerprint density at radius 2 is 1.62 bits per heavy atom. The van der Waals surface area contributed by atoms with Gasteiger partial charge in [-0.25, -0.2) is 4.98 Å². The molecule has 0 saturated heterocycles. The van der Waals surface area contributed by atoms with Crippen molar-refractivity contribution in [2.45, 2.75) is 31.1 Å². The van der Waals surface area contributed by atoms with Crippen LogP contribution < -0.4 is 16.4 Å². The van der Waals surface area contributed by atoms with Crippen LogP contribution in [0.2, 0.25) is 0 Å². The Bertz CT molecular complexity index is 1330. The summed E-state index contributed by atoms with van der Waals surface area (Å²) in [5.41, 5.74) is 5.05. The van der Waals surface area contributed by atoms with Crippen molar-refractivity contribution in [3.63, 3.8) is 0 Å². The standard InChI is InChI=1S/C23H28N4O11S/c1-9-15(17(30)19(32)18(31)16(9)29)13(38-2)8-25-23(36,37)22(34,35)10-3-5-11(6-4-10)26-14(28)7-12-20(33)39-21(24)27-12/h3-6,13,25,29-37H,7-8H2,1-2H3,(H2,24,27)(H,26,28). The molecule has 1 unspecified atom stereocenters. The predicted molar refractivity (Wildman–Crippen MR) is 136 cm³/mol. The first-order valence-corrected chi connectivity index (χ1v) is 11.9. The number of carbonyl (C=O) groups excluding carboxylic acids is 1. The topological polar surface area (TPSA) is 271 Å². The third kappa shape index (κ3) is 5.91. The average molecular weight is 569 g/mol. The van der Waals surface area contributed by atoms with E-state index in [1.54, 1.807) is 0 Å². The minimum Gasteiger partial charge on any atom is -0.504 e. The smallest absolute Gasteiger partial charge is 0.284 e. The summed E-state index contributed by atoms with van der Waals surface area (Å²) in [6.45, 7) is 0.686. The number of hydrogen-bond donors (Lipinski definition) is 12. The number of ether oxygens (including phenoxy) is 1. The Hall–Kier alpha value is -3.90. The molecule has 0 saturated carbocycles. The van der Waals surface area contributed by atoms with Gasteiger partial charge < -0.3 is 61.7 Å². The van der Waals surface area contributed by atoms with Crippen molar-refractivity contribution in [2.24, 2.45) is 0 Å². The summed E-state index contributed by atoms with van der Waals surface area (Å²) in [5.74, 6) is -10.9. The van der Waals surface area contributed by atoms with E-state index in [-0.39, 0.29) is 39.1 Å². The van der Waals surface area contributed by atoms with Crippen LogP contribution in [0, 0.1) is 6.92 Å². The zero-order valence-electron chi connectivity index (χ0n) is 20.6. The Kier molecular flexibility index (Phi) is 8.42. The molecule has 0 spiro atoms. The Balaban J connectivity index is 1.72. The van der Waals surface area contributed by atoms with Gasteiger partial charge in [-0.15, -0.1) is 0 Å². The van der Waals surface area contributed by atoms with Crippen LogP contribution in [0.25, 0.3) is 0 Å². The molecule has 0 fully saturated rings. The van der Waals surface area contributed by atoms with Crippen molar-refractivity contribution in [1.29, 1.82) is 0 Å². The van der Waals surface area contributed by atoms with E-state index in [2.05, 4.69) is 15.6 Å². The second-order valence-corrected chi connectivity index (χ2v) is 9.50. The first-order chi connectivity index (χ1) is 18.1. The summed E-state index contributed by atoms with van der Waals surface area (Å²) in [6.07, 6.45) is -1.57. The molecule has 2 aromatic carbocycles. The molecule has 16 heteroatoms. The number of hydrogen-bond acceptors (Lipinski definition) is 15. The summed E-state index contributed by atoms with van der Waals surface area (Å²) < 4.78 is 5.19. The van der Waals surface area contributed by atoms with E-state index in [1.807, 2.05) is 0 Å². The molecule has 15 nitrogen and oxygen atoms in total. The number of benzene rings is 2. The van der Waals surface area contributed by atoms with Crippen molar-refractivity contribution in [2.75, 3.05) is 24.7 Å². The number of nitrogens with one attached hydrogen (secondary N) is 2. The number of nitrogens with zero attached hydrogens (tertiary/aromatic N) is 1. The van der Waals surface area contributed by atoms with Crippen molar-refractivity contribution >= 4 is 28.1 Å². The predicted octanol–water partition coefficient (Wildman–Crippen LogP) is -0.504. The Morgan fingerprint density at radius 1 is 1.03 bits per heavy atom. The fraction of sp³-hybridized carbons (Fsp3) is 0.304. The molecular weight excluding hydrogens is 540 g/mol. The molecule has 39 heavy (non-hydrogen) atoms. The number of nitrogens with two attached hydrogens (primary N) is 1. The van der Waals surface area contributed by atoms with Gasteiger partial charge in [0, 0.05) is 36.0 Å². The molecule has 0 aliphatic heterocycles. The number of aromatic hydroxyl groups is 5. The summed E-state index contributed by atoms with van der Waals surface area (Å²) >= 11 is 0.814. The highest BCUT2D eigenvalue weighted by atomic mass is 32.1. The molecule has 0 aliphatic rings. The highest BCUT2D eigenvalue weighted by Crippen LogP contribution is 2.49. The van der Waals surface area contributed by atoms with Gasteiger partial charge in [0.1, 0.15) is 5.69 Å². The van der Waals surface area contributed by atoms with Crippen molar-refractivity contribution < 1.29 is 55.5 Å². The first-order valence-electron chi connectivity index (χ1n) is 11.1. The zero-order valence-corrected chi connectivity index (χ0v) is 21.4. The second-order valence-electron chi connectivity index (χ2n) is 8.49. The van der Waals surface area contributed by atoms with E-state index in [1.165, 1.54) is 19.1 Å². The van der Waals surface area contributed by atoms with E-state index in [4.69, 9.17) is 10.5 Å². The van der Waals surface area contributed by atoms with Crippen LogP contribution in [0.15, 0.2) is 24.3 Å². The van der Waals surface area contributed by atoms with Gasteiger partial charge in [0.05, 0.1) is 12.5 Å². The van der Waals surface area contributed by atoms with E-state index >= 15 is 0 Å². The average Bonchev–Trinajstić information content (AvgIpc) is 3.19. The highest BCUT2D eigenvalue weighted by Gasteiger charge is 2.49. The van der Waals surface area contributed by atoms with E-state index in [9.17, 15) is 50.8 Å². The SMILES string of the molecule is COC(CNC(O)(O)C(O)(O)c1ccc(NC(=O)Cc2nc(N)sc2O)cc1)c1c(C)c(O)c(O)c(O)c1O. The number of amides is 1. The number of methoxy groups -OCH3 is 1. The third-order valence-corrected chi connectivity index (χ3v) is 6.64. The van der Waals surface area contributed by atoms with Crippen LogP contribution in [0.5, 0.6) is 28.1 Å². The van der Waals surface area contributed by atoms with E-state index in [0.29, 0.717) is 0 Å². The highest BCUT2D eigenvalue weighted by molar-refractivity contribution is 7.17. The molecule has 0 bridgehead atoms. The van der Waals surface area contributed by atoms with Gasteiger partial charge in [-0.05, 0) is 19.1 Å². The number of phenols is 4. The summed E-state index contributed by atoms with van der Waals surface area (Å²) in [6, 6.07) is 4.69. The van der Waals surface area contributed by atoms with Crippen LogP contribution in [0.1, 0.15) is 28.5 Å². The van der Waals surface area contributed by atoms with Gasteiger partial charge in [0.15, 0.2) is 21.7 Å². The molecule has 13 N–H and O–H groups in total. The molecule has 1 heterocycles. The lowest BCUT2D eigenvalue weighted by Crippen LogP contribution is -2.62. The minimum atomic E-state index is -3.42. The zero-order chi connectivity index (χ0) is 29.3. The lowest BCUT2D eigenvalue weighted by molar-refractivity contribution is -0.379. The Labute approximate surface area is 224 Å². The van der Waals surface area contributed by atoms with Crippen molar-refractivity contribution in [1.82, 2.24) is 10.3 Å². The van der Waals surface area contributed by atoms with E-state index in [0.717, 1.165) is 30.6 Å². The fourth-order valence-corrected chi connectivity index (χ4v) is 4.30. The minimum absolute atomic E-state index is 0.0865. The third-order valence-electron chi connectivity index (χ3n) is 5.91. The second kappa shape index (κ2) is 11.1. The van der Waals surface area contributed by atoms with Crippen molar-refractivity contribution in [3.8, 4) is 28.1 Å².